The molecule has 0 bridgehead atoms. The van der Waals surface area contributed by atoms with Gasteiger partial charge in [-0.25, -0.2) is 4.79 Å². The first-order chi connectivity index (χ1) is 6.81. The van der Waals surface area contributed by atoms with E-state index in [1.807, 2.05) is 0 Å². The summed E-state index contributed by atoms with van der Waals surface area (Å²) >= 11 is -0.649. The van der Waals surface area contributed by atoms with E-state index in [2.05, 4.69) is 0 Å². The predicted octanol–water partition coefficient (Wildman–Crippen LogP) is 2.70. The van der Waals surface area contributed by atoms with E-state index in [0.717, 1.165) is 12.1 Å². The van der Waals surface area contributed by atoms with Crippen LogP contribution in [0.5, 0.6) is 5.75 Å². The van der Waals surface area contributed by atoms with Crippen molar-refractivity contribution in [3.63, 3.8) is 0 Å². The molecule has 0 amide bonds. The van der Waals surface area contributed by atoms with Crippen molar-refractivity contribution in [2.45, 2.75) is 10.4 Å². The molecule has 0 fully saturated rings. The smallest absolute Gasteiger partial charge is 0.446 e. The number of rotatable bonds is 2. The van der Waals surface area contributed by atoms with Crippen LogP contribution in [0.4, 0.5) is 13.2 Å². The fraction of sp³-hybridized carbons (Fsp3) is 0.125. The number of carboxylic acids is 1. The number of alkyl halides is 3. The Morgan fingerprint density at radius 1 is 1.33 bits per heavy atom. The van der Waals surface area contributed by atoms with E-state index in [-0.39, 0.29) is 0 Å². The van der Waals surface area contributed by atoms with E-state index in [9.17, 15) is 18.0 Å². The third-order valence-electron chi connectivity index (χ3n) is 1.44. The summed E-state index contributed by atoms with van der Waals surface area (Å²) in [5, 5.41) is 17.7. The van der Waals surface area contributed by atoms with E-state index in [0.29, 0.717) is 0 Å². The predicted molar refractivity (Wildman–Crippen MR) is 47.0 cm³/mol. The Kier molecular flexibility index (Phi) is 3.13. The van der Waals surface area contributed by atoms with Gasteiger partial charge in [-0.05, 0) is 23.9 Å². The zero-order valence-electron chi connectivity index (χ0n) is 7.08. The second-order valence-electron chi connectivity index (χ2n) is 2.51. The van der Waals surface area contributed by atoms with Crippen molar-refractivity contribution >= 4 is 17.7 Å². The van der Waals surface area contributed by atoms with Crippen molar-refractivity contribution in [1.82, 2.24) is 0 Å². The molecule has 1 rings (SSSR count). The molecule has 0 spiro atoms. The number of hydrogen-bond donors (Lipinski definition) is 2. The molecule has 0 unspecified atom stereocenters. The van der Waals surface area contributed by atoms with E-state index in [1.54, 1.807) is 0 Å². The Morgan fingerprint density at radius 2 is 1.93 bits per heavy atom. The Hall–Kier alpha value is -1.37. The summed E-state index contributed by atoms with van der Waals surface area (Å²) in [4.78, 5) is 9.87. The summed E-state index contributed by atoms with van der Waals surface area (Å²) in [6.07, 6.45) is 0. The van der Waals surface area contributed by atoms with Gasteiger partial charge in [0.1, 0.15) is 5.75 Å². The maximum absolute atomic E-state index is 12.0. The maximum Gasteiger partial charge on any atom is 0.446 e. The molecule has 0 aliphatic carbocycles. The number of benzene rings is 1. The number of halogens is 3. The molecular formula is C8H5F3O3S. The molecule has 0 radical (unpaired) electrons. The first kappa shape index (κ1) is 11.7. The van der Waals surface area contributed by atoms with Crippen LogP contribution in [0, 0.1) is 0 Å². The molecule has 15 heavy (non-hydrogen) atoms. The van der Waals surface area contributed by atoms with Gasteiger partial charge in [0, 0.05) is 0 Å². The number of aromatic hydroxyl groups is 1. The number of carboxylic acid groups (broad SMARTS) is 1. The average molecular weight is 238 g/mol. The molecule has 2 N–H and O–H groups in total. The van der Waals surface area contributed by atoms with Crippen molar-refractivity contribution in [3.8, 4) is 5.75 Å². The van der Waals surface area contributed by atoms with Crippen molar-refractivity contribution in [3.05, 3.63) is 23.8 Å². The zero-order chi connectivity index (χ0) is 11.6. The molecular weight excluding hydrogens is 233 g/mol. The van der Waals surface area contributed by atoms with E-state index < -0.39 is 39.4 Å². The SMILES string of the molecule is O=C(O)c1cccc(O)c1SC(F)(F)F. The summed E-state index contributed by atoms with van der Waals surface area (Å²) < 4.78 is 36.1. The highest BCUT2D eigenvalue weighted by atomic mass is 32.2. The molecule has 0 saturated carbocycles. The van der Waals surface area contributed by atoms with Crippen LogP contribution in [-0.4, -0.2) is 21.7 Å². The number of phenolic OH excluding ortho intramolecular Hbond substituents is 1. The lowest BCUT2D eigenvalue weighted by Crippen LogP contribution is -2.04. The number of aromatic carboxylic acids is 1. The molecule has 1 aromatic carbocycles. The minimum Gasteiger partial charge on any atom is -0.507 e. The van der Waals surface area contributed by atoms with Gasteiger partial charge in [-0.15, -0.1) is 0 Å². The topological polar surface area (TPSA) is 57.5 Å². The lowest BCUT2D eigenvalue weighted by Gasteiger charge is -2.09. The monoisotopic (exact) mass is 238 g/mol. The van der Waals surface area contributed by atoms with Crippen LogP contribution in [0.2, 0.25) is 0 Å². The van der Waals surface area contributed by atoms with Crippen molar-refractivity contribution < 1.29 is 28.2 Å². The quantitative estimate of drug-likeness (QED) is 0.778. The standard InChI is InChI=1S/C8H5F3O3S/c9-8(10,11)15-6-4(7(13)14)2-1-3-5(6)12/h1-3,12H,(H,13,14). The van der Waals surface area contributed by atoms with Crippen LogP contribution in [0.25, 0.3) is 0 Å². The third-order valence-corrected chi connectivity index (χ3v) is 2.31. The van der Waals surface area contributed by atoms with Crippen LogP contribution < -0.4 is 0 Å². The van der Waals surface area contributed by atoms with Gasteiger partial charge in [-0.3, -0.25) is 0 Å². The van der Waals surface area contributed by atoms with Gasteiger partial charge in [0.25, 0.3) is 0 Å². The minimum absolute atomic E-state index is 0.572. The fourth-order valence-electron chi connectivity index (χ4n) is 0.916. The van der Waals surface area contributed by atoms with Crippen LogP contribution in [0.15, 0.2) is 23.1 Å². The highest BCUT2D eigenvalue weighted by Crippen LogP contribution is 2.42. The van der Waals surface area contributed by atoms with Gasteiger partial charge >= 0.3 is 11.5 Å². The van der Waals surface area contributed by atoms with E-state index in [1.165, 1.54) is 6.07 Å². The Bertz CT molecular complexity index is 389. The van der Waals surface area contributed by atoms with Crippen LogP contribution in [0.1, 0.15) is 10.4 Å². The van der Waals surface area contributed by atoms with Gasteiger partial charge in [-0.1, -0.05) is 6.07 Å². The van der Waals surface area contributed by atoms with Gasteiger partial charge < -0.3 is 10.2 Å². The summed E-state index contributed by atoms with van der Waals surface area (Å²) in [5.74, 6) is -2.21. The lowest BCUT2D eigenvalue weighted by molar-refractivity contribution is -0.0329. The van der Waals surface area contributed by atoms with Gasteiger partial charge in [0.2, 0.25) is 0 Å². The molecule has 0 aromatic heterocycles. The molecule has 0 aliphatic rings. The van der Waals surface area contributed by atoms with Crippen LogP contribution >= 0.6 is 11.8 Å². The largest absolute Gasteiger partial charge is 0.507 e. The zero-order valence-corrected chi connectivity index (χ0v) is 7.89. The molecule has 0 saturated heterocycles. The molecule has 1 aromatic rings. The van der Waals surface area contributed by atoms with Crippen molar-refractivity contribution in [1.29, 1.82) is 0 Å². The molecule has 82 valence electrons. The summed E-state index contributed by atoms with van der Waals surface area (Å²) in [6.45, 7) is 0. The Morgan fingerprint density at radius 3 is 2.40 bits per heavy atom. The molecule has 0 aliphatic heterocycles. The number of thioether (sulfide) groups is 1. The van der Waals surface area contributed by atoms with Gasteiger partial charge in [-0.2, -0.15) is 13.2 Å². The summed E-state index contributed by atoms with van der Waals surface area (Å²) in [6, 6.07) is 3.16. The molecule has 7 heteroatoms. The number of phenols is 1. The van der Waals surface area contributed by atoms with Crippen molar-refractivity contribution in [2.75, 3.05) is 0 Å². The van der Waals surface area contributed by atoms with Crippen molar-refractivity contribution in [2.24, 2.45) is 0 Å². The summed E-state index contributed by atoms with van der Waals surface area (Å²) in [7, 11) is 0. The Labute approximate surface area is 86.5 Å². The van der Waals surface area contributed by atoms with E-state index in [4.69, 9.17) is 10.2 Å². The number of carbonyl (C=O) groups is 1. The second kappa shape index (κ2) is 4.01. The molecule has 0 heterocycles. The van der Waals surface area contributed by atoms with Crippen LogP contribution in [0.3, 0.4) is 0 Å². The first-order valence-corrected chi connectivity index (χ1v) is 4.44. The highest BCUT2D eigenvalue weighted by molar-refractivity contribution is 8.00. The maximum atomic E-state index is 12.0. The van der Waals surface area contributed by atoms with Gasteiger partial charge in [0.05, 0.1) is 10.5 Å². The normalized spacial score (nSPS) is 11.4. The lowest BCUT2D eigenvalue weighted by atomic mass is 10.2. The number of hydrogen-bond acceptors (Lipinski definition) is 3. The molecule has 0 atom stereocenters. The molecule has 3 nitrogen and oxygen atoms in total. The fourth-order valence-corrected chi connectivity index (χ4v) is 1.59. The Balaban J connectivity index is 3.19. The minimum atomic E-state index is -4.64. The third kappa shape index (κ3) is 3.05. The second-order valence-corrected chi connectivity index (χ2v) is 3.58. The van der Waals surface area contributed by atoms with E-state index >= 15 is 0 Å². The highest BCUT2D eigenvalue weighted by Gasteiger charge is 2.33. The van der Waals surface area contributed by atoms with Crippen LogP contribution in [-0.2, 0) is 0 Å². The average Bonchev–Trinajstić information content (AvgIpc) is 2.05. The summed E-state index contributed by atoms with van der Waals surface area (Å²) in [5.41, 5.74) is -5.21. The van der Waals surface area contributed by atoms with Gasteiger partial charge in [0.15, 0.2) is 0 Å². The first-order valence-electron chi connectivity index (χ1n) is 3.62.